The zero-order valence-corrected chi connectivity index (χ0v) is 14.7. The molecule has 0 radical (unpaired) electrons. The number of nitrogens with one attached hydrogen (secondary N) is 1. The molecule has 0 bridgehead atoms. The fraction of sp³-hybridized carbons (Fsp3) is 0.100. The van der Waals surface area contributed by atoms with E-state index >= 15 is 0 Å². The summed E-state index contributed by atoms with van der Waals surface area (Å²) in [6, 6.07) is 19.4. The molecule has 0 aliphatic rings. The predicted octanol–water partition coefficient (Wildman–Crippen LogP) is 4.76. The molecule has 4 rings (SSSR count). The topological polar surface area (TPSA) is 67.3 Å². The minimum atomic E-state index is 0.144. The van der Waals surface area contributed by atoms with Gasteiger partial charge in [-0.25, -0.2) is 4.98 Å². The van der Waals surface area contributed by atoms with Crippen molar-refractivity contribution < 1.29 is 9.84 Å². The number of aromatic nitrogens is 2. The maximum absolute atomic E-state index is 9.01. The normalized spacial score (nSPS) is 10.8. The van der Waals surface area contributed by atoms with Crippen LogP contribution in [-0.2, 0) is 6.42 Å². The van der Waals surface area contributed by atoms with E-state index in [1.165, 1.54) is 0 Å². The first-order chi connectivity index (χ1) is 12.8. The third kappa shape index (κ3) is 3.66. The lowest BCUT2D eigenvalue weighted by Gasteiger charge is -2.09. The lowest BCUT2D eigenvalue weighted by molar-refractivity contribution is 0.299. The molecule has 0 fully saturated rings. The highest BCUT2D eigenvalue weighted by molar-refractivity contribution is 7.17. The number of thiophene rings is 1. The van der Waals surface area contributed by atoms with Crippen LogP contribution in [0.5, 0.6) is 11.6 Å². The molecule has 0 unspecified atom stereocenters. The summed E-state index contributed by atoms with van der Waals surface area (Å²) in [5.41, 5.74) is 2.81. The van der Waals surface area contributed by atoms with Crippen molar-refractivity contribution in [3.05, 3.63) is 71.6 Å². The SMILES string of the molecule is OCCc1ccc(Nc2nc(Oc3ccccc3)c3sccc3n2)cc1. The number of anilines is 2. The summed E-state index contributed by atoms with van der Waals surface area (Å²) in [6.07, 6.45) is 0.646. The van der Waals surface area contributed by atoms with Gasteiger partial charge in [-0.15, -0.1) is 11.3 Å². The molecule has 2 N–H and O–H groups in total. The van der Waals surface area contributed by atoms with E-state index in [0.29, 0.717) is 18.2 Å². The number of hydrogen-bond acceptors (Lipinski definition) is 6. The molecule has 0 aliphatic carbocycles. The van der Waals surface area contributed by atoms with Gasteiger partial charge in [0.05, 0.1) is 5.52 Å². The van der Waals surface area contributed by atoms with E-state index in [4.69, 9.17) is 9.84 Å². The van der Waals surface area contributed by atoms with Gasteiger partial charge in [0.15, 0.2) is 0 Å². The number of fused-ring (bicyclic) bond motifs is 1. The third-order valence-corrected chi connectivity index (χ3v) is 4.73. The van der Waals surface area contributed by atoms with E-state index in [9.17, 15) is 0 Å². The molecule has 0 spiro atoms. The van der Waals surface area contributed by atoms with Crippen molar-refractivity contribution in [1.29, 1.82) is 0 Å². The summed E-state index contributed by atoms with van der Waals surface area (Å²) in [5, 5.41) is 14.2. The second kappa shape index (κ2) is 7.51. The molecule has 130 valence electrons. The Balaban J connectivity index is 1.63. The van der Waals surface area contributed by atoms with E-state index in [1.807, 2.05) is 66.0 Å². The standard InChI is InChI=1S/C20H17N3O2S/c24-12-10-14-6-8-15(9-7-14)21-20-22-17-11-13-26-18(17)19(23-20)25-16-4-2-1-3-5-16/h1-9,11,13,24H,10,12H2,(H,21,22,23). The van der Waals surface area contributed by atoms with E-state index < -0.39 is 0 Å². The third-order valence-electron chi connectivity index (χ3n) is 3.84. The molecule has 4 aromatic rings. The second-order valence-corrected chi connectivity index (χ2v) is 6.61. The molecule has 0 amide bonds. The molecule has 2 aromatic heterocycles. The van der Waals surface area contributed by atoms with Gasteiger partial charge in [-0.3, -0.25) is 0 Å². The Morgan fingerprint density at radius 1 is 0.962 bits per heavy atom. The first-order valence-corrected chi connectivity index (χ1v) is 9.15. The van der Waals surface area contributed by atoms with Crippen molar-refractivity contribution in [1.82, 2.24) is 9.97 Å². The number of ether oxygens (including phenoxy) is 1. The quantitative estimate of drug-likeness (QED) is 0.517. The molecule has 5 nitrogen and oxygen atoms in total. The fourth-order valence-corrected chi connectivity index (χ4v) is 3.33. The second-order valence-electron chi connectivity index (χ2n) is 5.70. The fourth-order valence-electron chi connectivity index (χ4n) is 2.57. The van der Waals surface area contributed by atoms with Crippen LogP contribution in [0.2, 0.25) is 0 Å². The average molecular weight is 363 g/mol. The van der Waals surface area contributed by atoms with Crippen LogP contribution in [0.15, 0.2) is 66.0 Å². The smallest absolute Gasteiger partial charge is 0.242 e. The van der Waals surface area contributed by atoms with Crippen LogP contribution in [0.1, 0.15) is 5.56 Å². The van der Waals surface area contributed by atoms with Gasteiger partial charge in [0.1, 0.15) is 10.4 Å². The number of benzene rings is 2. The summed E-state index contributed by atoms with van der Waals surface area (Å²) in [5.74, 6) is 1.76. The monoisotopic (exact) mass is 363 g/mol. The lowest BCUT2D eigenvalue weighted by Crippen LogP contribution is -1.99. The Hall–Kier alpha value is -2.96. The van der Waals surface area contributed by atoms with Gasteiger partial charge in [-0.1, -0.05) is 30.3 Å². The Morgan fingerprint density at radius 3 is 2.54 bits per heavy atom. The van der Waals surface area contributed by atoms with Gasteiger partial charge in [0.2, 0.25) is 11.8 Å². The number of rotatable bonds is 6. The van der Waals surface area contributed by atoms with Gasteiger partial charge in [0, 0.05) is 12.3 Å². The molecular weight excluding hydrogens is 346 g/mol. The summed E-state index contributed by atoms with van der Waals surface area (Å²) in [4.78, 5) is 9.11. The number of nitrogens with zero attached hydrogens (tertiary/aromatic N) is 2. The molecule has 0 aliphatic heterocycles. The Labute approximate surface area is 154 Å². The molecule has 0 atom stereocenters. The molecule has 26 heavy (non-hydrogen) atoms. The van der Waals surface area contributed by atoms with E-state index in [2.05, 4.69) is 15.3 Å². The van der Waals surface area contributed by atoms with Crippen LogP contribution in [0.3, 0.4) is 0 Å². The van der Waals surface area contributed by atoms with E-state index in [0.717, 1.165) is 27.2 Å². The highest BCUT2D eigenvalue weighted by Gasteiger charge is 2.11. The van der Waals surface area contributed by atoms with Crippen LogP contribution in [0.4, 0.5) is 11.6 Å². The van der Waals surface area contributed by atoms with Gasteiger partial charge in [-0.05, 0) is 47.7 Å². The van der Waals surface area contributed by atoms with Crippen molar-refractivity contribution >= 4 is 33.2 Å². The van der Waals surface area contributed by atoms with Crippen molar-refractivity contribution in [2.24, 2.45) is 0 Å². The molecule has 2 heterocycles. The van der Waals surface area contributed by atoms with Crippen molar-refractivity contribution in [2.75, 3.05) is 11.9 Å². The van der Waals surface area contributed by atoms with Crippen LogP contribution in [0.25, 0.3) is 10.2 Å². The first-order valence-electron chi connectivity index (χ1n) is 8.27. The molecular formula is C20H17N3O2S. The predicted molar refractivity (Wildman–Crippen MR) is 104 cm³/mol. The van der Waals surface area contributed by atoms with Gasteiger partial charge in [-0.2, -0.15) is 4.98 Å². The van der Waals surface area contributed by atoms with Gasteiger partial charge >= 0.3 is 0 Å². The highest BCUT2D eigenvalue weighted by Crippen LogP contribution is 2.32. The van der Waals surface area contributed by atoms with Gasteiger partial charge in [0.25, 0.3) is 0 Å². The van der Waals surface area contributed by atoms with Gasteiger partial charge < -0.3 is 15.2 Å². The van der Waals surface area contributed by atoms with Crippen molar-refractivity contribution in [3.8, 4) is 11.6 Å². The average Bonchev–Trinajstić information content (AvgIpc) is 3.13. The largest absolute Gasteiger partial charge is 0.437 e. The summed E-state index contributed by atoms with van der Waals surface area (Å²) in [6.45, 7) is 0.144. The first kappa shape index (κ1) is 16.5. The molecule has 0 saturated heterocycles. The highest BCUT2D eigenvalue weighted by atomic mass is 32.1. The molecule has 2 aromatic carbocycles. The number of para-hydroxylation sites is 1. The van der Waals surface area contributed by atoms with Crippen LogP contribution < -0.4 is 10.1 Å². The van der Waals surface area contributed by atoms with E-state index in [-0.39, 0.29) is 6.61 Å². The maximum atomic E-state index is 9.01. The molecule has 0 saturated carbocycles. The zero-order chi connectivity index (χ0) is 17.8. The van der Waals surface area contributed by atoms with Crippen LogP contribution in [0, 0.1) is 0 Å². The van der Waals surface area contributed by atoms with Crippen molar-refractivity contribution in [2.45, 2.75) is 6.42 Å². The summed E-state index contributed by atoms with van der Waals surface area (Å²) in [7, 11) is 0. The number of aliphatic hydroxyl groups excluding tert-OH is 1. The maximum Gasteiger partial charge on any atom is 0.242 e. The summed E-state index contributed by atoms with van der Waals surface area (Å²) >= 11 is 1.55. The molecule has 6 heteroatoms. The summed E-state index contributed by atoms with van der Waals surface area (Å²) < 4.78 is 6.89. The van der Waals surface area contributed by atoms with Crippen LogP contribution >= 0.6 is 11.3 Å². The van der Waals surface area contributed by atoms with Crippen LogP contribution in [-0.4, -0.2) is 21.7 Å². The lowest BCUT2D eigenvalue weighted by atomic mass is 10.1. The number of aliphatic hydroxyl groups is 1. The van der Waals surface area contributed by atoms with Crippen molar-refractivity contribution in [3.63, 3.8) is 0 Å². The van der Waals surface area contributed by atoms with E-state index in [1.54, 1.807) is 11.3 Å². The number of hydrogen-bond donors (Lipinski definition) is 2. The Morgan fingerprint density at radius 2 is 1.77 bits per heavy atom. The Bertz CT molecular complexity index is 1000. The minimum Gasteiger partial charge on any atom is -0.437 e. The minimum absolute atomic E-state index is 0.144. The zero-order valence-electron chi connectivity index (χ0n) is 13.9. The Kier molecular flexibility index (Phi) is 4.77.